The smallest absolute Gasteiger partial charge is 0.222 e. The molecule has 1 aromatic heterocycles. The van der Waals surface area contributed by atoms with Crippen LogP contribution in [0.2, 0.25) is 0 Å². The number of carbonyl (C=O) groups is 1. The molecule has 0 saturated carbocycles. The Hall–Kier alpha value is -2.56. The van der Waals surface area contributed by atoms with E-state index in [0.717, 1.165) is 17.1 Å². The van der Waals surface area contributed by atoms with Crippen molar-refractivity contribution in [2.75, 3.05) is 17.7 Å². The number of rotatable bonds is 4. The summed E-state index contributed by atoms with van der Waals surface area (Å²) in [6.45, 7) is 1.45. The van der Waals surface area contributed by atoms with Crippen LogP contribution in [0.5, 0.6) is 5.75 Å². The molecule has 5 heteroatoms. The number of hydrogen-bond donors (Lipinski definition) is 2. The number of hydrogen-bond acceptors (Lipinski definition) is 4. The summed E-state index contributed by atoms with van der Waals surface area (Å²) >= 11 is 0. The molecule has 0 fully saturated rings. The van der Waals surface area contributed by atoms with E-state index in [9.17, 15) is 4.79 Å². The normalized spacial score (nSPS) is 9.79. The van der Waals surface area contributed by atoms with E-state index in [1.807, 2.05) is 30.3 Å². The summed E-state index contributed by atoms with van der Waals surface area (Å²) in [6, 6.07) is 11.2. The van der Waals surface area contributed by atoms with E-state index in [0.29, 0.717) is 5.82 Å². The van der Waals surface area contributed by atoms with Crippen molar-refractivity contribution >= 4 is 23.1 Å². The molecule has 0 aliphatic rings. The molecule has 2 aromatic rings. The van der Waals surface area contributed by atoms with Gasteiger partial charge in [0.2, 0.25) is 5.91 Å². The van der Waals surface area contributed by atoms with Crippen LogP contribution >= 0.6 is 0 Å². The first-order valence-corrected chi connectivity index (χ1v) is 5.83. The third kappa shape index (κ3) is 3.45. The third-order valence-electron chi connectivity index (χ3n) is 2.45. The maximum absolute atomic E-state index is 10.9. The number of amides is 1. The number of aromatic nitrogens is 1. The lowest BCUT2D eigenvalue weighted by atomic mass is 10.3. The number of ether oxygens (including phenoxy) is 1. The molecular formula is C14H15N3O2. The topological polar surface area (TPSA) is 63.2 Å². The second kappa shape index (κ2) is 5.86. The van der Waals surface area contributed by atoms with E-state index >= 15 is 0 Å². The molecule has 5 nitrogen and oxygen atoms in total. The van der Waals surface area contributed by atoms with Crippen molar-refractivity contribution in [1.82, 2.24) is 4.98 Å². The molecule has 0 spiro atoms. The molecule has 0 atom stereocenters. The summed E-state index contributed by atoms with van der Waals surface area (Å²) in [5.41, 5.74) is 1.68. The highest BCUT2D eigenvalue weighted by Crippen LogP contribution is 2.26. The highest BCUT2D eigenvalue weighted by molar-refractivity contribution is 5.87. The minimum atomic E-state index is -0.141. The van der Waals surface area contributed by atoms with E-state index in [-0.39, 0.29) is 5.91 Å². The quantitative estimate of drug-likeness (QED) is 0.884. The first-order valence-electron chi connectivity index (χ1n) is 5.83. The zero-order chi connectivity index (χ0) is 13.7. The highest BCUT2D eigenvalue weighted by atomic mass is 16.5. The van der Waals surface area contributed by atoms with Gasteiger partial charge in [-0.25, -0.2) is 4.98 Å². The van der Waals surface area contributed by atoms with Crippen LogP contribution in [0.1, 0.15) is 6.92 Å². The van der Waals surface area contributed by atoms with Crippen molar-refractivity contribution in [3.8, 4) is 5.75 Å². The van der Waals surface area contributed by atoms with Crippen LogP contribution in [0.15, 0.2) is 42.6 Å². The summed E-state index contributed by atoms with van der Waals surface area (Å²) in [4.78, 5) is 15.0. The van der Waals surface area contributed by atoms with Crippen LogP contribution in [0.3, 0.4) is 0 Å². The second-order valence-electron chi connectivity index (χ2n) is 3.94. The van der Waals surface area contributed by atoms with Crippen molar-refractivity contribution in [1.29, 1.82) is 0 Å². The summed E-state index contributed by atoms with van der Waals surface area (Å²) in [7, 11) is 1.62. The predicted molar refractivity (Wildman–Crippen MR) is 74.8 cm³/mol. The van der Waals surface area contributed by atoms with Crippen molar-refractivity contribution < 1.29 is 9.53 Å². The van der Waals surface area contributed by atoms with Gasteiger partial charge < -0.3 is 15.4 Å². The van der Waals surface area contributed by atoms with Crippen molar-refractivity contribution in [2.24, 2.45) is 0 Å². The van der Waals surface area contributed by atoms with Crippen molar-refractivity contribution in [3.63, 3.8) is 0 Å². The Morgan fingerprint density at radius 2 is 2.00 bits per heavy atom. The fraction of sp³-hybridized carbons (Fsp3) is 0.143. The summed E-state index contributed by atoms with van der Waals surface area (Å²) in [5.74, 6) is 1.14. The monoisotopic (exact) mass is 257 g/mol. The Balaban J connectivity index is 2.13. The predicted octanol–water partition coefficient (Wildman–Crippen LogP) is 2.79. The minimum absolute atomic E-state index is 0.141. The molecule has 19 heavy (non-hydrogen) atoms. The molecule has 1 heterocycles. The van der Waals surface area contributed by atoms with Crippen LogP contribution < -0.4 is 15.4 Å². The van der Waals surface area contributed by atoms with Gasteiger partial charge in [-0.05, 0) is 24.3 Å². The molecule has 0 radical (unpaired) electrons. The van der Waals surface area contributed by atoms with E-state index in [2.05, 4.69) is 15.6 Å². The summed E-state index contributed by atoms with van der Waals surface area (Å²) < 4.78 is 5.25. The van der Waals surface area contributed by atoms with Crippen LogP contribution in [0.25, 0.3) is 0 Å². The van der Waals surface area contributed by atoms with Crippen LogP contribution in [-0.2, 0) is 4.79 Å². The number of nitrogens with zero attached hydrogens (tertiary/aromatic N) is 1. The lowest BCUT2D eigenvalue weighted by molar-refractivity contribution is -0.114. The number of pyridine rings is 1. The molecule has 98 valence electrons. The molecule has 0 bridgehead atoms. The van der Waals surface area contributed by atoms with E-state index in [1.54, 1.807) is 19.4 Å². The van der Waals surface area contributed by atoms with Gasteiger partial charge in [0, 0.05) is 6.92 Å². The average molecular weight is 257 g/mol. The van der Waals surface area contributed by atoms with Gasteiger partial charge in [0.15, 0.2) is 0 Å². The Labute approximate surface area is 111 Å². The fourth-order valence-corrected chi connectivity index (χ4v) is 1.63. The SMILES string of the molecule is COc1ccccc1Nc1ccc(NC(C)=O)nc1. The van der Waals surface area contributed by atoms with Crippen molar-refractivity contribution in [3.05, 3.63) is 42.6 Å². The zero-order valence-corrected chi connectivity index (χ0v) is 10.8. The third-order valence-corrected chi connectivity index (χ3v) is 2.45. The van der Waals surface area contributed by atoms with Gasteiger partial charge in [-0.2, -0.15) is 0 Å². The number of anilines is 3. The Kier molecular flexibility index (Phi) is 3.97. The van der Waals surface area contributed by atoms with Gasteiger partial charge in [0.05, 0.1) is 24.7 Å². The molecule has 0 unspecified atom stereocenters. The Morgan fingerprint density at radius 1 is 1.21 bits per heavy atom. The molecular weight excluding hydrogens is 242 g/mol. The van der Waals surface area contributed by atoms with Gasteiger partial charge in [0.1, 0.15) is 11.6 Å². The summed E-state index contributed by atoms with van der Waals surface area (Å²) in [6.07, 6.45) is 1.65. The molecule has 2 rings (SSSR count). The van der Waals surface area contributed by atoms with E-state index in [1.165, 1.54) is 6.92 Å². The average Bonchev–Trinajstić information content (AvgIpc) is 2.41. The van der Waals surface area contributed by atoms with Crippen LogP contribution in [0, 0.1) is 0 Å². The van der Waals surface area contributed by atoms with E-state index < -0.39 is 0 Å². The molecule has 2 N–H and O–H groups in total. The van der Waals surface area contributed by atoms with Gasteiger partial charge in [-0.3, -0.25) is 4.79 Å². The maximum atomic E-state index is 10.9. The van der Waals surface area contributed by atoms with Crippen molar-refractivity contribution in [2.45, 2.75) is 6.92 Å². The standard InChI is InChI=1S/C14H15N3O2/c1-10(18)16-14-8-7-11(9-15-14)17-12-5-3-4-6-13(12)19-2/h3-9,17H,1-2H3,(H,15,16,18). The number of methoxy groups -OCH3 is 1. The second-order valence-corrected chi connectivity index (χ2v) is 3.94. The number of nitrogens with one attached hydrogen (secondary N) is 2. The Morgan fingerprint density at radius 3 is 2.63 bits per heavy atom. The fourth-order valence-electron chi connectivity index (χ4n) is 1.63. The van der Waals surface area contributed by atoms with E-state index in [4.69, 9.17) is 4.74 Å². The zero-order valence-electron chi connectivity index (χ0n) is 10.8. The Bertz CT molecular complexity index is 567. The van der Waals surface area contributed by atoms with Gasteiger partial charge in [0.25, 0.3) is 0 Å². The van der Waals surface area contributed by atoms with Gasteiger partial charge in [-0.1, -0.05) is 12.1 Å². The lowest BCUT2D eigenvalue weighted by Crippen LogP contribution is -2.07. The number of benzene rings is 1. The largest absolute Gasteiger partial charge is 0.495 e. The van der Waals surface area contributed by atoms with Crippen LogP contribution in [-0.4, -0.2) is 18.0 Å². The number of para-hydroxylation sites is 2. The van der Waals surface area contributed by atoms with Gasteiger partial charge in [-0.15, -0.1) is 0 Å². The highest BCUT2D eigenvalue weighted by Gasteiger charge is 2.02. The molecule has 1 aromatic carbocycles. The maximum Gasteiger partial charge on any atom is 0.222 e. The molecule has 0 saturated heterocycles. The summed E-state index contributed by atoms with van der Waals surface area (Å²) in [5, 5.41) is 5.82. The first-order chi connectivity index (χ1) is 9.19. The minimum Gasteiger partial charge on any atom is -0.495 e. The molecule has 1 amide bonds. The van der Waals surface area contributed by atoms with Gasteiger partial charge >= 0.3 is 0 Å². The molecule has 0 aliphatic carbocycles. The lowest BCUT2D eigenvalue weighted by Gasteiger charge is -2.10. The molecule has 0 aliphatic heterocycles. The van der Waals surface area contributed by atoms with Crippen LogP contribution in [0.4, 0.5) is 17.2 Å². The number of carbonyl (C=O) groups excluding carboxylic acids is 1. The first kappa shape index (κ1) is 12.9.